The number of carbonyl (C=O) groups is 1. The van der Waals surface area contributed by atoms with Gasteiger partial charge in [0.05, 0.1) is 16.9 Å². The van der Waals surface area contributed by atoms with Crippen LogP contribution in [0.5, 0.6) is 0 Å². The molecule has 1 aliphatic rings. The Morgan fingerprint density at radius 3 is 2.67 bits per heavy atom. The molecule has 0 radical (unpaired) electrons. The van der Waals surface area contributed by atoms with E-state index in [0.29, 0.717) is 4.34 Å². The molecule has 0 spiro atoms. The van der Waals surface area contributed by atoms with E-state index < -0.39 is 10.0 Å². The summed E-state index contributed by atoms with van der Waals surface area (Å²) in [4.78, 5) is 12.5. The number of carbonyl (C=O) groups excluding carboxylic acids is 1. The number of hydrogen-bond acceptors (Lipinski definition) is 4. The van der Waals surface area contributed by atoms with Gasteiger partial charge < -0.3 is 5.32 Å². The SMILES string of the molecule is CN(CC(=O)NC1CCC(C)(C)c2ccccc21)S(=O)(=O)c1ccc(Cl)s1. The van der Waals surface area contributed by atoms with Crippen molar-refractivity contribution in [3.8, 4) is 0 Å². The maximum atomic E-state index is 12.6. The number of benzene rings is 1. The van der Waals surface area contributed by atoms with Gasteiger partial charge in [-0.1, -0.05) is 49.7 Å². The Kier molecular flexibility index (Phi) is 5.68. The number of fused-ring (bicyclic) bond motifs is 1. The molecule has 1 aromatic carbocycles. The number of likely N-dealkylation sites (N-methyl/N-ethyl adjacent to an activating group) is 1. The Hall–Kier alpha value is -1.41. The summed E-state index contributed by atoms with van der Waals surface area (Å²) in [5.41, 5.74) is 2.41. The molecule has 1 atom stereocenters. The van der Waals surface area contributed by atoms with Gasteiger partial charge in [-0.2, -0.15) is 4.31 Å². The molecule has 0 bridgehead atoms. The second kappa shape index (κ2) is 7.54. The molecule has 2 aromatic rings. The molecule has 0 fully saturated rings. The second-order valence-electron chi connectivity index (χ2n) is 7.45. The van der Waals surface area contributed by atoms with E-state index in [1.165, 1.54) is 24.7 Å². The van der Waals surface area contributed by atoms with Crippen LogP contribution < -0.4 is 5.32 Å². The number of halogens is 1. The van der Waals surface area contributed by atoms with Crippen LogP contribution in [0.3, 0.4) is 0 Å². The van der Waals surface area contributed by atoms with E-state index in [2.05, 4.69) is 25.2 Å². The molecule has 0 aliphatic heterocycles. The molecule has 1 aliphatic carbocycles. The molecule has 5 nitrogen and oxygen atoms in total. The zero-order valence-electron chi connectivity index (χ0n) is 15.5. The lowest BCUT2D eigenvalue weighted by atomic mass is 9.71. The summed E-state index contributed by atoms with van der Waals surface area (Å²) in [6, 6.07) is 11.0. The first kappa shape index (κ1) is 20.3. The van der Waals surface area contributed by atoms with Crippen LogP contribution in [0.4, 0.5) is 0 Å². The van der Waals surface area contributed by atoms with Gasteiger partial charge in [-0.15, -0.1) is 11.3 Å². The predicted octanol–water partition coefficient (Wildman–Crippen LogP) is 3.95. The number of rotatable bonds is 5. The largest absolute Gasteiger partial charge is 0.348 e. The van der Waals surface area contributed by atoms with Crippen LogP contribution >= 0.6 is 22.9 Å². The molecule has 1 aromatic heterocycles. The van der Waals surface area contributed by atoms with E-state index in [1.54, 1.807) is 0 Å². The summed E-state index contributed by atoms with van der Waals surface area (Å²) in [5.74, 6) is -0.316. The third kappa shape index (κ3) is 4.21. The van der Waals surface area contributed by atoms with E-state index in [4.69, 9.17) is 11.6 Å². The fourth-order valence-corrected chi connectivity index (χ4v) is 6.30. The Bertz CT molecular complexity index is 953. The maximum absolute atomic E-state index is 12.6. The molecular formula is C19H23ClN2O3S2. The molecule has 0 saturated heterocycles. The number of nitrogens with one attached hydrogen (secondary N) is 1. The zero-order valence-corrected chi connectivity index (χ0v) is 17.9. The summed E-state index contributed by atoms with van der Waals surface area (Å²) in [6.45, 7) is 4.17. The van der Waals surface area contributed by atoms with Crippen LogP contribution in [0.15, 0.2) is 40.6 Å². The minimum atomic E-state index is -3.73. The van der Waals surface area contributed by atoms with E-state index >= 15 is 0 Å². The smallest absolute Gasteiger partial charge is 0.252 e. The van der Waals surface area contributed by atoms with Crippen molar-refractivity contribution in [3.05, 3.63) is 51.9 Å². The summed E-state index contributed by atoms with van der Waals surface area (Å²) >= 11 is 6.81. The monoisotopic (exact) mass is 426 g/mol. The molecule has 1 N–H and O–H groups in total. The van der Waals surface area contributed by atoms with Gasteiger partial charge in [0.2, 0.25) is 5.91 Å². The van der Waals surface area contributed by atoms with Gasteiger partial charge in [0.15, 0.2) is 0 Å². The van der Waals surface area contributed by atoms with Crippen molar-refractivity contribution in [2.75, 3.05) is 13.6 Å². The number of thiophene rings is 1. The molecule has 146 valence electrons. The minimum absolute atomic E-state index is 0.0659. The Labute approximate surface area is 169 Å². The molecule has 1 unspecified atom stereocenters. The van der Waals surface area contributed by atoms with Crippen LogP contribution in [-0.2, 0) is 20.2 Å². The van der Waals surface area contributed by atoms with Crippen molar-refractivity contribution in [1.29, 1.82) is 0 Å². The van der Waals surface area contributed by atoms with Gasteiger partial charge in [0.1, 0.15) is 4.21 Å². The van der Waals surface area contributed by atoms with E-state index in [-0.39, 0.29) is 28.1 Å². The van der Waals surface area contributed by atoms with Crippen LogP contribution in [0.25, 0.3) is 0 Å². The van der Waals surface area contributed by atoms with E-state index in [9.17, 15) is 13.2 Å². The minimum Gasteiger partial charge on any atom is -0.348 e. The lowest BCUT2D eigenvalue weighted by Gasteiger charge is -2.37. The maximum Gasteiger partial charge on any atom is 0.252 e. The number of nitrogens with zero attached hydrogens (tertiary/aromatic N) is 1. The first-order valence-electron chi connectivity index (χ1n) is 8.72. The molecule has 3 rings (SSSR count). The van der Waals surface area contributed by atoms with Crippen LogP contribution in [-0.4, -0.2) is 32.2 Å². The van der Waals surface area contributed by atoms with Crippen molar-refractivity contribution in [2.45, 2.75) is 42.4 Å². The van der Waals surface area contributed by atoms with Crippen LogP contribution in [0.1, 0.15) is 43.9 Å². The molecule has 0 saturated carbocycles. The van der Waals surface area contributed by atoms with Gasteiger partial charge in [-0.25, -0.2) is 8.42 Å². The highest BCUT2D eigenvalue weighted by Crippen LogP contribution is 2.41. The average Bonchev–Trinajstić information content (AvgIpc) is 3.05. The van der Waals surface area contributed by atoms with Crippen molar-refractivity contribution >= 4 is 38.9 Å². The highest BCUT2D eigenvalue weighted by Gasteiger charge is 2.33. The third-order valence-electron chi connectivity index (χ3n) is 5.04. The quantitative estimate of drug-likeness (QED) is 0.787. The summed E-state index contributed by atoms with van der Waals surface area (Å²) in [5, 5.41) is 3.00. The molecule has 8 heteroatoms. The topological polar surface area (TPSA) is 66.5 Å². The summed E-state index contributed by atoms with van der Waals surface area (Å²) in [6.07, 6.45) is 1.78. The number of amides is 1. The Morgan fingerprint density at radius 1 is 1.30 bits per heavy atom. The predicted molar refractivity (Wildman–Crippen MR) is 109 cm³/mol. The summed E-state index contributed by atoms with van der Waals surface area (Å²) < 4.78 is 26.7. The number of hydrogen-bond donors (Lipinski definition) is 1. The summed E-state index contributed by atoms with van der Waals surface area (Å²) in [7, 11) is -2.32. The van der Waals surface area contributed by atoms with Crippen LogP contribution in [0.2, 0.25) is 4.34 Å². The third-order valence-corrected chi connectivity index (χ3v) is 8.54. The molecule has 27 heavy (non-hydrogen) atoms. The van der Waals surface area contributed by atoms with Crippen molar-refractivity contribution in [3.63, 3.8) is 0 Å². The lowest BCUT2D eigenvalue weighted by Crippen LogP contribution is -2.41. The highest BCUT2D eigenvalue weighted by molar-refractivity contribution is 7.91. The fourth-order valence-electron chi connectivity index (χ4n) is 3.48. The van der Waals surface area contributed by atoms with Crippen LogP contribution in [0, 0.1) is 0 Å². The Morgan fingerprint density at radius 2 is 2.00 bits per heavy atom. The molecule has 1 amide bonds. The Balaban J connectivity index is 1.71. The zero-order chi connectivity index (χ0) is 19.8. The fraction of sp³-hybridized carbons (Fsp3) is 0.421. The van der Waals surface area contributed by atoms with Gasteiger partial charge in [-0.3, -0.25) is 4.79 Å². The van der Waals surface area contributed by atoms with Gasteiger partial charge in [-0.05, 0) is 41.5 Å². The molecule has 1 heterocycles. The first-order valence-corrected chi connectivity index (χ1v) is 11.4. The normalized spacial score (nSPS) is 18.9. The average molecular weight is 427 g/mol. The van der Waals surface area contributed by atoms with E-state index in [1.807, 2.05) is 18.2 Å². The molecular weight excluding hydrogens is 404 g/mol. The van der Waals surface area contributed by atoms with Crippen molar-refractivity contribution in [2.24, 2.45) is 0 Å². The standard InChI is InChI=1S/C19H23ClN2O3S2/c1-19(2)11-10-15(13-6-4-5-7-14(13)19)21-17(23)12-22(3)27(24,25)18-9-8-16(20)26-18/h4-9,15H,10-12H2,1-3H3,(H,21,23). The van der Waals surface area contributed by atoms with Crippen molar-refractivity contribution < 1.29 is 13.2 Å². The lowest BCUT2D eigenvalue weighted by molar-refractivity contribution is -0.122. The second-order valence-corrected chi connectivity index (χ2v) is 11.4. The first-order chi connectivity index (χ1) is 12.6. The van der Waals surface area contributed by atoms with E-state index in [0.717, 1.165) is 34.0 Å². The van der Waals surface area contributed by atoms with Gasteiger partial charge in [0.25, 0.3) is 10.0 Å². The van der Waals surface area contributed by atoms with Gasteiger partial charge >= 0.3 is 0 Å². The van der Waals surface area contributed by atoms with Crippen molar-refractivity contribution in [1.82, 2.24) is 9.62 Å². The van der Waals surface area contributed by atoms with Gasteiger partial charge in [0, 0.05) is 7.05 Å². The number of sulfonamides is 1. The highest BCUT2D eigenvalue weighted by atomic mass is 35.5.